The first kappa shape index (κ1) is 17.3. The fraction of sp³-hybridized carbons (Fsp3) is 0.222. The van der Waals surface area contributed by atoms with Crippen molar-refractivity contribution in [1.82, 2.24) is 4.57 Å². The number of rotatable bonds is 5. The SMILES string of the molecule is OC[C@H](O)[C@@H](c1ccccc1OC(F)(F)F)n1ccc2ccccc21. The van der Waals surface area contributed by atoms with Gasteiger partial charge in [-0.15, -0.1) is 13.2 Å². The summed E-state index contributed by atoms with van der Waals surface area (Å²) in [5.41, 5.74) is 0.851. The summed E-state index contributed by atoms with van der Waals surface area (Å²) in [5, 5.41) is 20.6. The van der Waals surface area contributed by atoms with Gasteiger partial charge in [-0.05, 0) is 23.6 Å². The number of benzene rings is 2. The van der Waals surface area contributed by atoms with E-state index in [0.29, 0.717) is 0 Å². The third-order valence-corrected chi connectivity index (χ3v) is 3.94. The number of fused-ring (bicyclic) bond motifs is 1. The molecule has 1 aromatic heterocycles. The number of alkyl halides is 3. The van der Waals surface area contributed by atoms with E-state index in [0.717, 1.165) is 10.9 Å². The Morgan fingerprint density at radius 3 is 2.40 bits per heavy atom. The van der Waals surface area contributed by atoms with Gasteiger partial charge in [0.15, 0.2) is 0 Å². The second-order valence-corrected chi connectivity index (χ2v) is 5.56. The summed E-state index contributed by atoms with van der Waals surface area (Å²) in [6.45, 7) is -0.614. The van der Waals surface area contributed by atoms with E-state index in [1.165, 1.54) is 18.2 Å². The molecule has 3 rings (SSSR count). The number of hydrogen-bond acceptors (Lipinski definition) is 3. The summed E-state index contributed by atoms with van der Waals surface area (Å²) < 4.78 is 43.9. The Morgan fingerprint density at radius 2 is 1.68 bits per heavy atom. The van der Waals surface area contributed by atoms with Gasteiger partial charge in [0.05, 0.1) is 12.6 Å². The summed E-state index contributed by atoms with van der Waals surface area (Å²) >= 11 is 0. The summed E-state index contributed by atoms with van der Waals surface area (Å²) in [5.74, 6) is -0.412. The van der Waals surface area contributed by atoms with Gasteiger partial charge in [0.25, 0.3) is 0 Å². The molecule has 0 aliphatic rings. The van der Waals surface area contributed by atoms with Crippen molar-refractivity contribution in [3.8, 4) is 5.75 Å². The molecule has 2 atom stereocenters. The molecule has 0 aliphatic heterocycles. The maximum Gasteiger partial charge on any atom is 0.573 e. The lowest BCUT2D eigenvalue weighted by Crippen LogP contribution is -2.29. The third-order valence-electron chi connectivity index (χ3n) is 3.94. The lowest BCUT2D eigenvalue weighted by atomic mass is 10.00. The molecule has 3 aromatic rings. The second-order valence-electron chi connectivity index (χ2n) is 5.56. The van der Waals surface area contributed by atoms with E-state index in [1.54, 1.807) is 35.0 Å². The summed E-state index contributed by atoms with van der Waals surface area (Å²) in [7, 11) is 0. The van der Waals surface area contributed by atoms with Crippen molar-refractivity contribution in [2.45, 2.75) is 18.5 Å². The Hall–Kier alpha value is -2.51. The van der Waals surface area contributed by atoms with E-state index in [9.17, 15) is 23.4 Å². The minimum Gasteiger partial charge on any atom is -0.405 e. The van der Waals surface area contributed by atoms with E-state index in [4.69, 9.17) is 0 Å². The third kappa shape index (κ3) is 3.62. The van der Waals surface area contributed by atoms with Gasteiger partial charge in [0.1, 0.15) is 11.9 Å². The van der Waals surface area contributed by atoms with Gasteiger partial charge in [-0.3, -0.25) is 0 Å². The predicted octanol–water partition coefficient (Wildman–Crippen LogP) is 3.48. The van der Waals surface area contributed by atoms with E-state index in [2.05, 4.69) is 4.74 Å². The molecule has 0 bridgehead atoms. The van der Waals surface area contributed by atoms with Gasteiger partial charge < -0.3 is 19.5 Å². The van der Waals surface area contributed by atoms with Crippen LogP contribution in [0, 0.1) is 0 Å². The molecule has 25 heavy (non-hydrogen) atoms. The van der Waals surface area contributed by atoms with Crippen molar-refractivity contribution < 1.29 is 28.1 Å². The van der Waals surface area contributed by atoms with Crippen molar-refractivity contribution in [3.63, 3.8) is 0 Å². The number of aliphatic hydroxyl groups excluding tert-OH is 2. The molecule has 7 heteroatoms. The predicted molar refractivity (Wildman–Crippen MR) is 86.3 cm³/mol. The molecular formula is C18H16F3NO3. The molecule has 2 N–H and O–H groups in total. The number of para-hydroxylation sites is 2. The van der Waals surface area contributed by atoms with Gasteiger partial charge >= 0.3 is 6.36 Å². The molecule has 4 nitrogen and oxygen atoms in total. The van der Waals surface area contributed by atoms with E-state index < -0.39 is 30.9 Å². The number of halogens is 3. The number of aromatic nitrogens is 1. The van der Waals surface area contributed by atoms with Gasteiger partial charge in [-0.2, -0.15) is 0 Å². The van der Waals surface area contributed by atoms with Gasteiger partial charge in [-0.1, -0.05) is 36.4 Å². The van der Waals surface area contributed by atoms with Gasteiger partial charge in [0.2, 0.25) is 0 Å². The molecule has 2 aromatic carbocycles. The van der Waals surface area contributed by atoms with Crippen molar-refractivity contribution >= 4 is 10.9 Å². The van der Waals surface area contributed by atoms with E-state index in [1.807, 2.05) is 12.1 Å². The van der Waals surface area contributed by atoms with Crippen molar-refractivity contribution in [3.05, 3.63) is 66.4 Å². The van der Waals surface area contributed by atoms with Crippen molar-refractivity contribution in [2.75, 3.05) is 6.61 Å². The van der Waals surface area contributed by atoms with Crippen LogP contribution >= 0.6 is 0 Å². The molecule has 0 saturated carbocycles. The summed E-state index contributed by atoms with van der Waals surface area (Å²) in [6.07, 6.45) is -4.50. The van der Waals surface area contributed by atoms with E-state index in [-0.39, 0.29) is 5.56 Å². The lowest BCUT2D eigenvalue weighted by Gasteiger charge is -2.27. The first-order valence-electron chi connectivity index (χ1n) is 7.60. The Bertz CT molecular complexity index is 860. The van der Waals surface area contributed by atoms with Crippen LogP contribution in [0.2, 0.25) is 0 Å². The number of nitrogens with zero attached hydrogens (tertiary/aromatic N) is 1. The minimum absolute atomic E-state index is 0.128. The first-order chi connectivity index (χ1) is 11.9. The minimum atomic E-state index is -4.86. The highest BCUT2D eigenvalue weighted by Crippen LogP contribution is 2.35. The maximum atomic E-state index is 12.7. The zero-order chi connectivity index (χ0) is 18.0. The molecule has 0 radical (unpaired) electrons. The zero-order valence-electron chi connectivity index (χ0n) is 13.0. The lowest BCUT2D eigenvalue weighted by molar-refractivity contribution is -0.275. The van der Waals surface area contributed by atoms with Crippen LogP contribution in [0.15, 0.2) is 60.8 Å². The Morgan fingerprint density at radius 1 is 1.00 bits per heavy atom. The molecule has 0 aliphatic carbocycles. The van der Waals surface area contributed by atoms with Gasteiger partial charge in [0, 0.05) is 17.3 Å². The quantitative estimate of drug-likeness (QED) is 0.740. The van der Waals surface area contributed by atoms with Crippen LogP contribution in [-0.2, 0) is 0 Å². The van der Waals surface area contributed by atoms with Crippen LogP contribution in [0.25, 0.3) is 10.9 Å². The molecule has 1 heterocycles. The van der Waals surface area contributed by atoms with Crippen LogP contribution in [0.4, 0.5) is 13.2 Å². The summed E-state index contributed by atoms with van der Waals surface area (Å²) in [6, 6.07) is 13.7. The molecule has 0 unspecified atom stereocenters. The molecule has 132 valence electrons. The molecule has 0 fully saturated rings. The molecule has 0 spiro atoms. The fourth-order valence-electron chi connectivity index (χ4n) is 2.93. The zero-order valence-corrected chi connectivity index (χ0v) is 13.0. The second kappa shape index (κ2) is 6.78. The van der Waals surface area contributed by atoms with Crippen LogP contribution in [0.5, 0.6) is 5.75 Å². The molecule has 0 amide bonds. The van der Waals surface area contributed by atoms with Crippen LogP contribution in [0.1, 0.15) is 11.6 Å². The topological polar surface area (TPSA) is 54.6 Å². The average Bonchev–Trinajstić information content (AvgIpc) is 2.99. The Kier molecular flexibility index (Phi) is 4.69. The van der Waals surface area contributed by atoms with Crippen molar-refractivity contribution in [2.24, 2.45) is 0 Å². The number of hydrogen-bond donors (Lipinski definition) is 2. The van der Waals surface area contributed by atoms with Gasteiger partial charge in [-0.25, -0.2) is 0 Å². The molecular weight excluding hydrogens is 335 g/mol. The standard InChI is InChI=1S/C18H16F3NO3/c19-18(20,21)25-16-8-4-2-6-13(16)17(15(24)11-23)22-10-9-12-5-1-3-7-14(12)22/h1-10,15,17,23-24H,11H2/t15-,17+/m0/s1. The average molecular weight is 351 g/mol. The summed E-state index contributed by atoms with van der Waals surface area (Å²) in [4.78, 5) is 0. The highest BCUT2D eigenvalue weighted by atomic mass is 19.4. The van der Waals surface area contributed by atoms with Crippen LogP contribution in [0.3, 0.4) is 0 Å². The monoisotopic (exact) mass is 351 g/mol. The first-order valence-corrected chi connectivity index (χ1v) is 7.60. The van der Waals surface area contributed by atoms with E-state index >= 15 is 0 Å². The highest BCUT2D eigenvalue weighted by molar-refractivity contribution is 5.80. The highest BCUT2D eigenvalue weighted by Gasteiger charge is 2.34. The van der Waals surface area contributed by atoms with Crippen LogP contribution in [-0.4, -0.2) is 33.9 Å². The van der Waals surface area contributed by atoms with Crippen molar-refractivity contribution in [1.29, 1.82) is 0 Å². The maximum absolute atomic E-state index is 12.7. The smallest absolute Gasteiger partial charge is 0.405 e. The van der Waals surface area contributed by atoms with Crippen LogP contribution < -0.4 is 4.74 Å². The number of aliphatic hydroxyl groups is 2. The molecule has 0 saturated heterocycles. The fourth-order valence-corrected chi connectivity index (χ4v) is 2.93. The normalized spacial score (nSPS) is 14.4. The largest absolute Gasteiger partial charge is 0.573 e. The number of ether oxygens (including phenoxy) is 1. The Labute approximate surface area is 141 Å². The Balaban J connectivity index is 2.15.